The highest BCUT2D eigenvalue weighted by Crippen LogP contribution is 2.36. The Morgan fingerprint density at radius 3 is 2.58 bits per heavy atom. The molecule has 3 N–H and O–H groups in total. The second-order valence-electron chi connectivity index (χ2n) is 8.75. The first kappa shape index (κ1) is 22.3. The summed E-state index contributed by atoms with van der Waals surface area (Å²) in [7, 11) is 1.55. The van der Waals surface area contributed by atoms with Gasteiger partial charge in [0.2, 0.25) is 0 Å². The van der Waals surface area contributed by atoms with Gasteiger partial charge in [0.1, 0.15) is 11.4 Å². The van der Waals surface area contributed by atoms with Crippen molar-refractivity contribution in [3.8, 4) is 5.75 Å². The number of anilines is 3. The third-order valence-corrected chi connectivity index (χ3v) is 5.74. The summed E-state index contributed by atoms with van der Waals surface area (Å²) in [6.45, 7) is 6.02. The molecule has 3 aromatic rings. The lowest BCUT2D eigenvalue weighted by atomic mass is 9.92. The van der Waals surface area contributed by atoms with Crippen molar-refractivity contribution in [2.45, 2.75) is 39.2 Å². The van der Waals surface area contributed by atoms with E-state index in [4.69, 9.17) is 4.74 Å². The van der Waals surface area contributed by atoms with Crippen LogP contribution in [-0.4, -0.2) is 29.4 Å². The molecule has 0 radical (unpaired) electrons. The van der Waals surface area contributed by atoms with E-state index >= 15 is 0 Å². The standard InChI is InChI=1S/C26H28N4O3/c1-16-8-5-6-11-20(16)29-23-21(14-18(15-28-23)24(31)27-4)30-25(32)19-10-7-9-17-12-13-26(2,3)33-22(17)19/h5-11,14-15H,12-13H2,1-4H3,(H,27,31)(H,28,29)(H,30,32). The minimum absolute atomic E-state index is 0.289. The molecule has 7 heteroatoms. The predicted octanol–water partition coefficient (Wildman–Crippen LogP) is 4.85. The molecule has 1 aromatic heterocycles. The zero-order valence-corrected chi connectivity index (χ0v) is 19.3. The third kappa shape index (κ3) is 4.82. The minimum atomic E-state index is -0.346. The SMILES string of the molecule is CNC(=O)c1cnc(Nc2ccccc2C)c(NC(=O)c2cccc3c2OC(C)(C)CC3)c1. The van der Waals surface area contributed by atoms with E-state index in [1.807, 2.05) is 57.2 Å². The van der Waals surface area contributed by atoms with Gasteiger partial charge in [-0.05, 0) is 62.9 Å². The molecule has 2 aromatic carbocycles. The zero-order chi connectivity index (χ0) is 23.6. The topological polar surface area (TPSA) is 92.4 Å². The number of aryl methyl sites for hydroxylation is 2. The van der Waals surface area contributed by atoms with Gasteiger partial charge in [-0.25, -0.2) is 4.98 Å². The van der Waals surface area contributed by atoms with Gasteiger partial charge in [-0.3, -0.25) is 9.59 Å². The predicted molar refractivity (Wildman–Crippen MR) is 130 cm³/mol. The second kappa shape index (κ2) is 8.94. The fourth-order valence-electron chi connectivity index (χ4n) is 3.80. The van der Waals surface area contributed by atoms with Crippen LogP contribution in [0.3, 0.4) is 0 Å². The molecule has 2 amide bonds. The quantitative estimate of drug-likeness (QED) is 0.523. The van der Waals surface area contributed by atoms with Crippen molar-refractivity contribution in [3.63, 3.8) is 0 Å². The lowest BCUT2D eigenvalue weighted by Crippen LogP contribution is -2.33. The summed E-state index contributed by atoms with van der Waals surface area (Å²) in [5, 5.41) is 8.80. The second-order valence-corrected chi connectivity index (χ2v) is 8.75. The summed E-state index contributed by atoms with van der Waals surface area (Å²) >= 11 is 0. The number of nitrogens with zero attached hydrogens (tertiary/aromatic N) is 1. The van der Waals surface area contributed by atoms with E-state index in [-0.39, 0.29) is 17.4 Å². The van der Waals surface area contributed by atoms with E-state index < -0.39 is 0 Å². The van der Waals surface area contributed by atoms with Crippen molar-refractivity contribution in [3.05, 3.63) is 77.0 Å². The molecule has 170 valence electrons. The van der Waals surface area contributed by atoms with E-state index in [1.165, 1.54) is 6.20 Å². The maximum Gasteiger partial charge on any atom is 0.259 e. The lowest BCUT2D eigenvalue weighted by Gasteiger charge is -2.33. The van der Waals surface area contributed by atoms with Gasteiger partial charge in [-0.2, -0.15) is 0 Å². The van der Waals surface area contributed by atoms with Crippen molar-refractivity contribution in [2.24, 2.45) is 0 Å². The number of nitrogens with one attached hydrogen (secondary N) is 3. The van der Waals surface area contributed by atoms with Crippen LogP contribution in [0.25, 0.3) is 0 Å². The van der Waals surface area contributed by atoms with Crippen LogP contribution in [0.2, 0.25) is 0 Å². The molecule has 33 heavy (non-hydrogen) atoms. The summed E-state index contributed by atoms with van der Waals surface area (Å²) in [6.07, 6.45) is 3.20. The van der Waals surface area contributed by atoms with Gasteiger partial charge in [0.15, 0.2) is 5.82 Å². The number of amides is 2. The molecule has 7 nitrogen and oxygen atoms in total. The molecular formula is C26H28N4O3. The first-order chi connectivity index (χ1) is 15.8. The third-order valence-electron chi connectivity index (χ3n) is 5.74. The van der Waals surface area contributed by atoms with Gasteiger partial charge in [0.25, 0.3) is 11.8 Å². The average Bonchev–Trinajstić information content (AvgIpc) is 2.80. The highest BCUT2D eigenvalue weighted by Gasteiger charge is 2.30. The van der Waals surface area contributed by atoms with Crippen molar-refractivity contribution in [1.82, 2.24) is 10.3 Å². The Morgan fingerprint density at radius 1 is 1.03 bits per heavy atom. The van der Waals surface area contributed by atoms with Gasteiger partial charge in [-0.15, -0.1) is 0 Å². The number of rotatable bonds is 5. The summed E-state index contributed by atoms with van der Waals surface area (Å²) in [5.74, 6) is 0.433. The van der Waals surface area contributed by atoms with Crippen LogP contribution in [0, 0.1) is 6.92 Å². The van der Waals surface area contributed by atoms with Crippen LogP contribution in [0.5, 0.6) is 5.75 Å². The van der Waals surface area contributed by atoms with Crippen LogP contribution in [0.15, 0.2) is 54.7 Å². The molecule has 1 aliphatic rings. The normalized spacial score (nSPS) is 13.9. The van der Waals surface area contributed by atoms with E-state index in [0.717, 1.165) is 29.7 Å². The number of aromatic nitrogens is 1. The van der Waals surface area contributed by atoms with E-state index in [0.29, 0.717) is 28.4 Å². The maximum atomic E-state index is 13.4. The summed E-state index contributed by atoms with van der Waals surface area (Å²) in [6, 6.07) is 15.0. The number of benzene rings is 2. The summed E-state index contributed by atoms with van der Waals surface area (Å²) in [5.41, 5.74) is 3.74. The van der Waals surface area contributed by atoms with Gasteiger partial charge >= 0.3 is 0 Å². The van der Waals surface area contributed by atoms with E-state index in [2.05, 4.69) is 20.9 Å². The molecule has 0 atom stereocenters. The fraction of sp³-hybridized carbons (Fsp3) is 0.269. The molecule has 2 heterocycles. The highest BCUT2D eigenvalue weighted by molar-refractivity contribution is 6.08. The highest BCUT2D eigenvalue weighted by atomic mass is 16.5. The number of carbonyl (C=O) groups is 2. The number of hydrogen-bond donors (Lipinski definition) is 3. The Bertz CT molecular complexity index is 1220. The van der Waals surface area contributed by atoms with Crippen molar-refractivity contribution in [1.29, 1.82) is 0 Å². The molecule has 1 aliphatic heterocycles. The molecule has 0 aliphatic carbocycles. The average molecular weight is 445 g/mol. The molecule has 0 saturated heterocycles. The largest absolute Gasteiger partial charge is 0.487 e. The van der Waals surface area contributed by atoms with Crippen LogP contribution < -0.4 is 20.7 Å². The molecule has 0 saturated carbocycles. The van der Waals surface area contributed by atoms with Crippen LogP contribution >= 0.6 is 0 Å². The van der Waals surface area contributed by atoms with Crippen LogP contribution in [-0.2, 0) is 6.42 Å². The molecule has 0 unspecified atom stereocenters. The van der Waals surface area contributed by atoms with Crippen LogP contribution in [0.1, 0.15) is 52.1 Å². The first-order valence-corrected chi connectivity index (χ1v) is 10.9. The number of para-hydroxylation sites is 2. The van der Waals surface area contributed by atoms with Crippen LogP contribution in [0.4, 0.5) is 17.2 Å². The van der Waals surface area contributed by atoms with Gasteiger partial charge < -0.3 is 20.7 Å². The molecular weight excluding hydrogens is 416 g/mol. The summed E-state index contributed by atoms with van der Waals surface area (Å²) in [4.78, 5) is 30.0. The van der Waals surface area contributed by atoms with E-state index in [1.54, 1.807) is 19.2 Å². The van der Waals surface area contributed by atoms with Gasteiger partial charge in [0, 0.05) is 18.9 Å². The van der Waals surface area contributed by atoms with Gasteiger partial charge in [0.05, 0.1) is 16.8 Å². The fourth-order valence-corrected chi connectivity index (χ4v) is 3.80. The Morgan fingerprint density at radius 2 is 1.82 bits per heavy atom. The molecule has 0 spiro atoms. The number of carbonyl (C=O) groups excluding carboxylic acids is 2. The van der Waals surface area contributed by atoms with E-state index in [9.17, 15) is 9.59 Å². The molecule has 0 bridgehead atoms. The lowest BCUT2D eigenvalue weighted by molar-refractivity contribution is 0.0810. The first-order valence-electron chi connectivity index (χ1n) is 10.9. The Labute approximate surface area is 193 Å². The van der Waals surface area contributed by atoms with Crippen molar-refractivity contribution >= 4 is 29.0 Å². The van der Waals surface area contributed by atoms with Crippen molar-refractivity contribution in [2.75, 3.05) is 17.7 Å². The Hall–Kier alpha value is -3.87. The smallest absolute Gasteiger partial charge is 0.259 e. The number of ether oxygens (including phenoxy) is 1. The number of hydrogen-bond acceptors (Lipinski definition) is 5. The number of pyridine rings is 1. The monoisotopic (exact) mass is 444 g/mol. The summed E-state index contributed by atoms with van der Waals surface area (Å²) < 4.78 is 6.17. The molecule has 4 rings (SSSR count). The van der Waals surface area contributed by atoms with Gasteiger partial charge in [-0.1, -0.05) is 30.3 Å². The zero-order valence-electron chi connectivity index (χ0n) is 19.3. The number of fused-ring (bicyclic) bond motifs is 1. The Balaban J connectivity index is 1.70. The maximum absolute atomic E-state index is 13.4. The minimum Gasteiger partial charge on any atom is -0.487 e. The Kier molecular flexibility index (Phi) is 6.05. The molecule has 0 fully saturated rings. The van der Waals surface area contributed by atoms with Crippen molar-refractivity contribution < 1.29 is 14.3 Å².